The monoisotopic (exact) mass is 288 g/mol. The average Bonchev–Trinajstić information content (AvgIpc) is 2.38. The third kappa shape index (κ3) is 4.11. The highest BCUT2D eigenvalue weighted by molar-refractivity contribution is 6.07. The van der Waals surface area contributed by atoms with Crippen LogP contribution in [0.25, 0.3) is 0 Å². The summed E-state index contributed by atoms with van der Waals surface area (Å²) < 4.78 is 41.4. The second kappa shape index (κ2) is 6.23. The van der Waals surface area contributed by atoms with Gasteiger partial charge in [-0.05, 0) is 19.1 Å². The van der Waals surface area contributed by atoms with E-state index in [0.29, 0.717) is 6.08 Å². The molecule has 0 radical (unpaired) electrons. The topological polar surface area (TPSA) is 63.6 Å². The molecule has 0 aliphatic rings. The molecule has 0 aliphatic heterocycles. The number of benzene rings is 1. The number of ether oxygens (including phenoxy) is 1. The predicted molar refractivity (Wildman–Crippen MR) is 63.1 cm³/mol. The number of hydrogen-bond acceptors (Lipinski definition) is 4. The molecule has 20 heavy (non-hydrogen) atoms. The van der Waals surface area contributed by atoms with Crippen LogP contribution >= 0.6 is 0 Å². The molecule has 108 valence electrons. The van der Waals surface area contributed by atoms with Crippen LogP contribution in [0, 0.1) is 0 Å². The number of aliphatic hydroxyl groups excluding tert-OH is 1. The van der Waals surface area contributed by atoms with E-state index in [1.165, 1.54) is 6.92 Å². The summed E-state index contributed by atoms with van der Waals surface area (Å²) >= 11 is 0. The molecule has 0 amide bonds. The number of hydrogen-bond donors (Lipinski definition) is 1. The molecule has 4 nitrogen and oxygen atoms in total. The van der Waals surface area contributed by atoms with Crippen molar-refractivity contribution in [1.82, 2.24) is 0 Å². The Morgan fingerprint density at radius 1 is 1.25 bits per heavy atom. The van der Waals surface area contributed by atoms with E-state index in [9.17, 15) is 27.9 Å². The zero-order chi connectivity index (χ0) is 15.3. The van der Waals surface area contributed by atoms with E-state index in [0.717, 1.165) is 24.3 Å². The van der Waals surface area contributed by atoms with Gasteiger partial charge in [0.1, 0.15) is 0 Å². The first-order chi connectivity index (χ1) is 9.25. The Balaban J connectivity index is 2.88. The van der Waals surface area contributed by atoms with Gasteiger partial charge in [-0.25, -0.2) is 4.79 Å². The highest BCUT2D eigenvalue weighted by atomic mass is 19.4. The standard InChI is InChI=1S/C13H11F3O4/c1-2-20-12(19)11(18)7-10(17)8-3-5-9(6-4-8)13(14,15)16/h3-7,18H,2H2,1H3/b11-7-. The number of ketones is 1. The van der Waals surface area contributed by atoms with Crippen LogP contribution in [0.2, 0.25) is 0 Å². The molecule has 0 fully saturated rings. The minimum absolute atomic E-state index is 0.0191. The number of aliphatic hydroxyl groups is 1. The van der Waals surface area contributed by atoms with E-state index < -0.39 is 29.3 Å². The van der Waals surface area contributed by atoms with E-state index >= 15 is 0 Å². The lowest BCUT2D eigenvalue weighted by atomic mass is 10.1. The van der Waals surface area contributed by atoms with Crippen molar-refractivity contribution in [2.75, 3.05) is 6.61 Å². The Bertz CT molecular complexity index is 530. The Morgan fingerprint density at radius 3 is 2.25 bits per heavy atom. The Hall–Kier alpha value is -2.31. The van der Waals surface area contributed by atoms with Crippen LogP contribution in [0.3, 0.4) is 0 Å². The van der Waals surface area contributed by atoms with Crippen molar-refractivity contribution < 1.29 is 32.6 Å². The van der Waals surface area contributed by atoms with E-state index in [1.807, 2.05) is 0 Å². The van der Waals surface area contributed by atoms with Gasteiger partial charge in [0, 0.05) is 11.6 Å². The van der Waals surface area contributed by atoms with Gasteiger partial charge >= 0.3 is 12.1 Å². The van der Waals surface area contributed by atoms with Crippen molar-refractivity contribution in [3.05, 3.63) is 47.2 Å². The van der Waals surface area contributed by atoms with Crippen molar-refractivity contribution in [3.8, 4) is 0 Å². The van der Waals surface area contributed by atoms with Crippen LogP contribution in [0.5, 0.6) is 0 Å². The van der Waals surface area contributed by atoms with Crippen LogP contribution in [-0.4, -0.2) is 23.5 Å². The molecule has 0 aromatic heterocycles. The molecule has 7 heteroatoms. The minimum Gasteiger partial charge on any atom is -0.502 e. The molecule has 0 bridgehead atoms. The lowest BCUT2D eigenvalue weighted by Gasteiger charge is -2.06. The van der Waals surface area contributed by atoms with Gasteiger partial charge < -0.3 is 9.84 Å². The first-order valence-corrected chi connectivity index (χ1v) is 5.55. The normalized spacial score (nSPS) is 12.1. The summed E-state index contributed by atoms with van der Waals surface area (Å²) in [7, 11) is 0. The summed E-state index contributed by atoms with van der Waals surface area (Å²) in [5.74, 6) is -2.78. The first-order valence-electron chi connectivity index (χ1n) is 5.55. The predicted octanol–water partition coefficient (Wildman–Crippen LogP) is 2.89. The third-order valence-corrected chi connectivity index (χ3v) is 2.25. The number of esters is 1. The van der Waals surface area contributed by atoms with Crippen LogP contribution in [-0.2, 0) is 15.7 Å². The van der Waals surface area contributed by atoms with E-state index in [4.69, 9.17) is 0 Å². The largest absolute Gasteiger partial charge is 0.502 e. The summed E-state index contributed by atoms with van der Waals surface area (Å²) in [6.07, 6.45) is -3.90. The fourth-order valence-electron chi connectivity index (χ4n) is 1.29. The van der Waals surface area contributed by atoms with Crippen molar-refractivity contribution >= 4 is 11.8 Å². The molecule has 1 N–H and O–H groups in total. The zero-order valence-corrected chi connectivity index (χ0v) is 10.4. The number of rotatable bonds is 4. The second-order valence-corrected chi connectivity index (χ2v) is 3.69. The Kier molecular flexibility index (Phi) is 4.90. The van der Waals surface area contributed by atoms with Crippen molar-refractivity contribution in [3.63, 3.8) is 0 Å². The van der Waals surface area contributed by atoms with Gasteiger partial charge in [0.2, 0.25) is 5.76 Å². The summed E-state index contributed by atoms with van der Waals surface area (Å²) in [5.41, 5.74) is -0.985. The smallest absolute Gasteiger partial charge is 0.416 e. The molecule has 0 atom stereocenters. The number of carbonyl (C=O) groups excluding carboxylic acids is 2. The van der Waals surface area contributed by atoms with Crippen molar-refractivity contribution in [1.29, 1.82) is 0 Å². The first kappa shape index (κ1) is 15.7. The molecule has 1 aromatic carbocycles. The lowest BCUT2D eigenvalue weighted by molar-refractivity contribution is -0.141. The fourth-order valence-corrected chi connectivity index (χ4v) is 1.29. The summed E-state index contributed by atoms with van der Waals surface area (Å²) in [6.45, 7) is 1.54. The fraction of sp³-hybridized carbons (Fsp3) is 0.231. The van der Waals surface area contributed by atoms with E-state index in [-0.39, 0.29) is 12.2 Å². The number of allylic oxidation sites excluding steroid dienone is 1. The molecule has 0 saturated heterocycles. The molecule has 1 aromatic rings. The maximum Gasteiger partial charge on any atom is 0.416 e. The Labute approximate surface area is 112 Å². The molecule has 0 saturated carbocycles. The molecular weight excluding hydrogens is 277 g/mol. The van der Waals surface area contributed by atoms with Gasteiger partial charge in [-0.2, -0.15) is 13.2 Å². The van der Waals surface area contributed by atoms with Gasteiger partial charge in [0.15, 0.2) is 5.78 Å². The molecule has 0 unspecified atom stereocenters. The number of halogens is 3. The number of carbonyl (C=O) groups is 2. The van der Waals surface area contributed by atoms with Gasteiger partial charge in [-0.15, -0.1) is 0 Å². The maximum absolute atomic E-state index is 12.3. The van der Waals surface area contributed by atoms with Crippen LogP contribution in [0.4, 0.5) is 13.2 Å². The molecule has 0 spiro atoms. The van der Waals surface area contributed by atoms with Crippen LogP contribution in [0.1, 0.15) is 22.8 Å². The van der Waals surface area contributed by atoms with E-state index in [1.54, 1.807) is 0 Å². The average molecular weight is 288 g/mol. The van der Waals surface area contributed by atoms with Gasteiger partial charge in [-0.3, -0.25) is 4.79 Å². The van der Waals surface area contributed by atoms with Crippen molar-refractivity contribution in [2.45, 2.75) is 13.1 Å². The summed E-state index contributed by atoms with van der Waals surface area (Å²) in [4.78, 5) is 22.7. The highest BCUT2D eigenvalue weighted by Crippen LogP contribution is 2.29. The molecular formula is C13H11F3O4. The third-order valence-electron chi connectivity index (χ3n) is 2.25. The van der Waals surface area contributed by atoms with E-state index in [2.05, 4.69) is 4.74 Å². The van der Waals surface area contributed by atoms with Gasteiger partial charge in [0.05, 0.1) is 12.2 Å². The summed E-state index contributed by atoms with van der Waals surface area (Å²) in [5, 5.41) is 9.25. The lowest BCUT2D eigenvalue weighted by Crippen LogP contribution is -2.09. The molecule has 0 aliphatic carbocycles. The van der Waals surface area contributed by atoms with Gasteiger partial charge in [0.25, 0.3) is 0 Å². The van der Waals surface area contributed by atoms with Crippen LogP contribution in [0.15, 0.2) is 36.1 Å². The quantitative estimate of drug-likeness (QED) is 0.400. The molecule has 0 heterocycles. The maximum atomic E-state index is 12.3. The highest BCUT2D eigenvalue weighted by Gasteiger charge is 2.30. The Morgan fingerprint density at radius 2 is 1.80 bits per heavy atom. The second-order valence-electron chi connectivity index (χ2n) is 3.69. The molecule has 1 rings (SSSR count). The van der Waals surface area contributed by atoms with Crippen molar-refractivity contribution in [2.24, 2.45) is 0 Å². The van der Waals surface area contributed by atoms with Gasteiger partial charge in [-0.1, -0.05) is 12.1 Å². The van der Waals surface area contributed by atoms with Crippen LogP contribution < -0.4 is 0 Å². The summed E-state index contributed by atoms with van der Waals surface area (Å²) in [6, 6.07) is 3.39. The minimum atomic E-state index is -4.50. The number of alkyl halides is 3. The SMILES string of the molecule is CCOC(=O)/C(O)=C/C(=O)c1ccc(C(F)(F)F)cc1. The zero-order valence-electron chi connectivity index (χ0n) is 10.4.